The molecule has 1 aromatic heterocycles. The molecule has 0 aliphatic heterocycles. The maximum Gasteiger partial charge on any atom is 0.573 e. The fourth-order valence-corrected chi connectivity index (χ4v) is 1.42. The highest BCUT2D eigenvalue weighted by Gasteiger charge is 2.30. The molecule has 5 nitrogen and oxygen atoms in total. The quantitative estimate of drug-likeness (QED) is 0.636. The van der Waals surface area contributed by atoms with Gasteiger partial charge in [-0.3, -0.25) is 11.6 Å². The molecule has 0 unspecified atom stereocenters. The molecule has 0 bridgehead atoms. The third-order valence-corrected chi connectivity index (χ3v) is 2.28. The Morgan fingerprint density at radius 3 is 2.32 bits per heavy atom. The topological polar surface area (TPSA) is 78.0 Å². The van der Waals surface area contributed by atoms with Crippen molar-refractivity contribution in [1.29, 1.82) is 0 Å². The van der Waals surface area contributed by atoms with E-state index in [-0.39, 0.29) is 11.6 Å². The first-order valence-electron chi connectivity index (χ1n) is 5.13. The number of ether oxygens (including phenoxy) is 1. The molecule has 0 saturated carbocycles. The number of aromatic nitrogens is 2. The average Bonchev–Trinajstić information content (AvgIpc) is 2.32. The van der Waals surface area contributed by atoms with Gasteiger partial charge in [0.2, 0.25) is 0 Å². The Labute approximate surface area is 106 Å². The second-order valence-electron chi connectivity index (χ2n) is 3.68. The van der Waals surface area contributed by atoms with Gasteiger partial charge < -0.3 is 4.74 Å². The van der Waals surface area contributed by atoms with E-state index >= 15 is 0 Å². The molecule has 0 atom stereocenters. The number of rotatable bonds is 2. The summed E-state index contributed by atoms with van der Waals surface area (Å²) in [5, 5.41) is 0. The normalized spacial score (nSPS) is 11.3. The van der Waals surface area contributed by atoms with E-state index in [9.17, 15) is 13.2 Å². The van der Waals surface area contributed by atoms with E-state index in [0.29, 0.717) is 11.3 Å². The predicted molar refractivity (Wildman–Crippen MR) is 61.1 cm³/mol. The van der Waals surface area contributed by atoms with Crippen LogP contribution in [-0.4, -0.2) is 11.3 Å². The van der Waals surface area contributed by atoms with Crippen molar-refractivity contribution in [2.75, 3.05) is 11.6 Å². The predicted octanol–water partition coefficient (Wildman–Crippen LogP) is 1.23. The van der Waals surface area contributed by atoms with E-state index in [4.69, 9.17) is 11.6 Å². The van der Waals surface area contributed by atoms with Crippen molar-refractivity contribution in [2.45, 2.75) is 6.36 Å². The molecule has 0 fully saturated rings. The van der Waals surface area contributed by atoms with Crippen LogP contribution in [0.3, 0.4) is 0 Å². The fraction of sp³-hybridized carbons (Fsp3) is 0.0909. The van der Waals surface area contributed by atoms with Gasteiger partial charge in [-0.15, -0.1) is 17.8 Å². The van der Waals surface area contributed by atoms with Crippen molar-refractivity contribution in [1.82, 2.24) is 4.98 Å². The molecule has 8 heteroatoms. The highest BCUT2D eigenvalue weighted by Crippen LogP contribution is 2.25. The first-order chi connectivity index (χ1) is 8.85. The van der Waals surface area contributed by atoms with E-state index in [1.165, 1.54) is 41.3 Å². The lowest BCUT2D eigenvalue weighted by Crippen LogP contribution is -2.46. The zero-order valence-corrected chi connectivity index (χ0v) is 9.56. The summed E-state index contributed by atoms with van der Waals surface area (Å²) in [5.74, 6) is 5.52. The van der Waals surface area contributed by atoms with Gasteiger partial charge in [0, 0.05) is 5.56 Å². The number of nitrogens with zero attached hydrogens (tertiary/aromatic N) is 2. The van der Waals surface area contributed by atoms with Crippen LogP contribution in [0.1, 0.15) is 0 Å². The molecule has 0 radical (unpaired) electrons. The number of alkyl halides is 3. The molecule has 2 aromatic rings. The van der Waals surface area contributed by atoms with E-state index in [1.54, 1.807) is 0 Å². The molecule has 2 rings (SSSR count). The smallest absolute Gasteiger partial charge is 0.406 e. The molecule has 0 spiro atoms. The Morgan fingerprint density at radius 1 is 1.16 bits per heavy atom. The van der Waals surface area contributed by atoms with Crippen LogP contribution in [0.15, 0.2) is 36.7 Å². The van der Waals surface area contributed by atoms with Crippen LogP contribution in [0.2, 0.25) is 0 Å². The molecular weight excluding hydrogens is 261 g/mol. The van der Waals surface area contributed by atoms with Gasteiger partial charge in [-0.1, -0.05) is 0 Å². The number of halogens is 3. The average molecular weight is 271 g/mol. The van der Waals surface area contributed by atoms with Crippen LogP contribution in [0.25, 0.3) is 11.3 Å². The van der Waals surface area contributed by atoms with E-state index in [0.717, 1.165) is 0 Å². The Balaban J connectivity index is 2.25. The Bertz CT molecular complexity index is 583. The van der Waals surface area contributed by atoms with Crippen LogP contribution in [-0.2, 0) is 0 Å². The standard InChI is InChI=1S/C11H9F3N4O/c12-11(13,14)19-8-3-1-7(2-4-8)9-6-18(16)10(15)5-17-9/h1-6,15H,16H2/p+1. The molecule has 0 aliphatic carbocycles. The van der Waals surface area contributed by atoms with Gasteiger partial charge in [0.05, 0.1) is 0 Å². The summed E-state index contributed by atoms with van der Waals surface area (Å²) in [7, 11) is 0. The van der Waals surface area contributed by atoms with Crippen LogP contribution < -0.4 is 21.0 Å². The minimum atomic E-state index is -4.71. The number of nitrogen functional groups attached to an aromatic ring is 2. The van der Waals surface area contributed by atoms with Gasteiger partial charge in [0.1, 0.15) is 23.8 Å². The van der Waals surface area contributed by atoms with Crippen molar-refractivity contribution in [3.05, 3.63) is 36.7 Å². The van der Waals surface area contributed by atoms with E-state index in [1.807, 2.05) is 0 Å². The summed E-state index contributed by atoms with van der Waals surface area (Å²) in [5.41, 5.74) is 6.56. The Hall–Kier alpha value is -2.51. The third-order valence-electron chi connectivity index (χ3n) is 2.28. The van der Waals surface area contributed by atoms with Crippen LogP contribution >= 0.6 is 0 Å². The van der Waals surface area contributed by atoms with E-state index in [2.05, 4.69) is 9.72 Å². The molecular formula is C11H10F3N4O+. The minimum Gasteiger partial charge on any atom is -0.406 e. The molecule has 4 N–H and O–H groups in total. The molecule has 0 saturated heterocycles. The van der Waals surface area contributed by atoms with Crippen molar-refractivity contribution >= 4 is 5.82 Å². The van der Waals surface area contributed by atoms with Gasteiger partial charge >= 0.3 is 12.2 Å². The molecule has 100 valence electrons. The molecule has 1 heterocycles. The molecule has 19 heavy (non-hydrogen) atoms. The lowest BCUT2D eigenvalue weighted by molar-refractivity contribution is -0.623. The number of benzene rings is 1. The SMILES string of the molecule is Nc1cnc(-c2ccc(OC(F)(F)F)cc2)c[n+]1N. The minimum absolute atomic E-state index is 0.265. The van der Waals surface area contributed by atoms with Gasteiger partial charge in [0.15, 0.2) is 0 Å². The van der Waals surface area contributed by atoms with Crippen molar-refractivity contribution in [3.8, 4) is 17.0 Å². The zero-order chi connectivity index (χ0) is 14.0. The Kier molecular flexibility index (Phi) is 3.16. The zero-order valence-electron chi connectivity index (χ0n) is 9.56. The lowest BCUT2D eigenvalue weighted by Gasteiger charge is -2.09. The highest BCUT2D eigenvalue weighted by atomic mass is 19.4. The van der Waals surface area contributed by atoms with Crippen LogP contribution in [0.4, 0.5) is 19.0 Å². The molecule has 1 aromatic carbocycles. The van der Waals surface area contributed by atoms with Gasteiger partial charge in [-0.2, -0.15) is 0 Å². The van der Waals surface area contributed by atoms with E-state index < -0.39 is 6.36 Å². The second-order valence-corrected chi connectivity index (χ2v) is 3.68. The van der Waals surface area contributed by atoms with Crippen LogP contribution in [0, 0.1) is 0 Å². The first-order valence-corrected chi connectivity index (χ1v) is 5.13. The summed E-state index contributed by atoms with van der Waals surface area (Å²) in [6, 6.07) is 5.28. The lowest BCUT2D eigenvalue weighted by atomic mass is 10.1. The second kappa shape index (κ2) is 4.63. The molecule has 0 aliphatic rings. The summed E-state index contributed by atoms with van der Waals surface area (Å²) >= 11 is 0. The first kappa shape index (κ1) is 12.9. The molecule has 0 amide bonds. The number of hydrogen-bond donors (Lipinski definition) is 2. The fourth-order valence-electron chi connectivity index (χ4n) is 1.42. The highest BCUT2D eigenvalue weighted by molar-refractivity contribution is 5.58. The van der Waals surface area contributed by atoms with Crippen molar-refractivity contribution in [2.24, 2.45) is 0 Å². The number of nitrogens with two attached hydrogens (primary N) is 2. The van der Waals surface area contributed by atoms with Gasteiger partial charge in [-0.25, -0.2) is 4.98 Å². The third kappa shape index (κ3) is 3.24. The number of hydrogen-bond acceptors (Lipinski definition) is 4. The summed E-state index contributed by atoms with van der Waals surface area (Å²) in [6.45, 7) is 0. The summed E-state index contributed by atoms with van der Waals surface area (Å²) < 4.78 is 40.9. The number of anilines is 1. The van der Waals surface area contributed by atoms with Crippen molar-refractivity contribution < 1.29 is 22.6 Å². The van der Waals surface area contributed by atoms with Gasteiger partial charge in [0.25, 0.3) is 0 Å². The van der Waals surface area contributed by atoms with Crippen LogP contribution in [0.5, 0.6) is 5.75 Å². The summed E-state index contributed by atoms with van der Waals surface area (Å²) in [6.07, 6.45) is -1.88. The maximum atomic E-state index is 12.0. The monoisotopic (exact) mass is 271 g/mol. The van der Waals surface area contributed by atoms with Gasteiger partial charge in [-0.05, 0) is 24.3 Å². The maximum absolute atomic E-state index is 12.0. The summed E-state index contributed by atoms with van der Waals surface area (Å²) in [4.78, 5) is 4.02. The Morgan fingerprint density at radius 2 is 1.79 bits per heavy atom. The van der Waals surface area contributed by atoms with Crippen molar-refractivity contribution in [3.63, 3.8) is 0 Å². The largest absolute Gasteiger partial charge is 0.573 e.